The van der Waals surface area contributed by atoms with Crippen LogP contribution >= 0.6 is 0 Å². The van der Waals surface area contributed by atoms with Gasteiger partial charge in [0.15, 0.2) is 5.78 Å². The Balaban J connectivity index is 1.65. The molecule has 3 rings (SSSR count). The van der Waals surface area contributed by atoms with Crippen LogP contribution in [0.25, 0.3) is 0 Å². The van der Waals surface area contributed by atoms with E-state index in [9.17, 15) is 9.59 Å². The summed E-state index contributed by atoms with van der Waals surface area (Å²) in [6, 6.07) is 23.2. The summed E-state index contributed by atoms with van der Waals surface area (Å²) in [6.07, 6.45) is 0. The Labute approximate surface area is 146 Å². The molecule has 0 saturated heterocycles. The molecule has 1 amide bonds. The Kier molecular flexibility index (Phi) is 4.90. The van der Waals surface area contributed by atoms with Crippen LogP contribution in [-0.4, -0.2) is 11.7 Å². The van der Waals surface area contributed by atoms with Crippen molar-refractivity contribution in [1.82, 2.24) is 0 Å². The van der Waals surface area contributed by atoms with E-state index in [0.29, 0.717) is 22.6 Å². The van der Waals surface area contributed by atoms with Gasteiger partial charge in [-0.05, 0) is 67.6 Å². The van der Waals surface area contributed by atoms with E-state index in [1.54, 1.807) is 48.5 Å². The van der Waals surface area contributed by atoms with Crippen molar-refractivity contribution < 1.29 is 14.3 Å². The second kappa shape index (κ2) is 7.45. The van der Waals surface area contributed by atoms with Crippen molar-refractivity contribution in [3.8, 4) is 11.5 Å². The van der Waals surface area contributed by atoms with Gasteiger partial charge in [-0.1, -0.05) is 18.2 Å². The number of carbonyl (C=O) groups is 2. The molecule has 0 fully saturated rings. The van der Waals surface area contributed by atoms with E-state index in [-0.39, 0.29) is 11.7 Å². The molecule has 3 aromatic rings. The number of anilines is 1. The van der Waals surface area contributed by atoms with Crippen molar-refractivity contribution in [1.29, 1.82) is 0 Å². The third kappa shape index (κ3) is 4.32. The van der Waals surface area contributed by atoms with Gasteiger partial charge in [0.25, 0.3) is 5.91 Å². The van der Waals surface area contributed by atoms with Crippen LogP contribution in [0.2, 0.25) is 0 Å². The van der Waals surface area contributed by atoms with Gasteiger partial charge in [-0.3, -0.25) is 9.59 Å². The second-order valence-electron chi connectivity index (χ2n) is 5.53. The fraction of sp³-hybridized carbons (Fsp3) is 0.0476. The normalized spacial score (nSPS) is 10.1. The first-order valence-electron chi connectivity index (χ1n) is 7.87. The molecule has 0 spiro atoms. The molecule has 0 heterocycles. The number of para-hydroxylation sites is 1. The molecule has 0 aliphatic carbocycles. The van der Waals surface area contributed by atoms with Crippen LogP contribution in [0.4, 0.5) is 5.69 Å². The lowest BCUT2D eigenvalue weighted by Crippen LogP contribution is -2.11. The molecular weight excluding hydrogens is 314 g/mol. The average Bonchev–Trinajstić information content (AvgIpc) is 2.63. The quantitative estimate of drug-likeness (QED) is 0.674. The molecule has 1 N–H and O–H groups in total. The SMILES string of the molecule is CC(=O)c1ccc(NC(=O)c2ccc(Oc3ccccc3)cc2)cc1. The fourth-order valence-electron chi connectivity index (χ4n) is 2.29. The van der Waals surface area contributed by atoms with Crippen molar-refractivity contribution in [2.24, 2.45) is 0 Å². The predicted octanol–water partition coefficient (Wildman–Crippen LogP) is 4.93. The number of Topliss-reactive ketones (excluding diaryl/α,β-unsaturated/α-hetero) is 1. The van der Waals surface area contributed by atoms with Crippen LogP contribution < -0.4 is 10.1 Å². The topological polar surface area (TPSA) is 55.4 Å². The molecule has 0 radical (unpaired) electrons. The first-order chi connectivity index (χ1) is 12.1. The van der Waals surface area contributed by atoms with E-state index in [4.69, 9.17) is 4.74 Å². The zero-order chi connectivity index (χ0) is 17.6. The van der Waals surface area contributed by atoms with Gasteiger partial charge in [0.05, 0.1) is 0 Å². The highest BCUT2D eigenvalue weighted by atomic mass is 16.5. The maximum Gasteiger partial charge on any atom is 0.255 e. The maximum absolute atomic E-state index is 12.3. The van der Waals surface area contributed by atoms with Gasteiger partial charge in [-0.25, -0.2) is 0 Å². The van der Waals surface area contributed by atoms with E-state index >= 15 is 0 Å². The molecule has 4 heteroatoms. The van der Waals surface area contributed by atoms with Crippen molar-refractivity contribution in [2.75, 3.05) is 5.32 Å². The first kappa shape index (κ1) is 16.5. The molecule has 0 atom stereocenters. The molecule has 3 aromatic carbocycles. The summed E-state index contributed by atoms with van der Waals surface area (Å²) < 4.78 is 5.70. The summed E-state index contributed by atoms with van der Waals surface area (Å²) in [5, 5.41) is 2.80. The number of ether oxygens (including phenoxy) is 1. The number of carbonyl (C=O) groups excluding carboxylic acids is 2. The maximum atomic E-state index is 12.3. The van der Waals surface area contributed by atoms with E-state index in [0.717, 1.165) is 5.75 Å². The number of rotatable bonds is 5. The van der Waals surface area contributed by atoms with Crippen molar-refractivity contribution in [2.45, 2.75) is 6.92 Å². The minimum Gasteiger partial charge on any atom is -0.457 e. The minimum atomic E-state index is -0.221. The van der Waals surface area contributed by atoms with Gasteiger partial charge in [-0.2, -0.15) is 0 Å². The number of benzene rings is 3. The standard InChI is InChI=1S/C21H17NO3/c1-15(23)16-7-11-18(12-8-16)22-21(24)17-9-13-20(14-10-17)25-19-5-3-2-4-6-19/h2-14H,1H3,(H,22,24). The Morgan fingerprint density at radius 3 is 1.88 bits per heavy atom. The van der Waals surface area contributed by atoms with Crippen LogP contribution in [-0.2, 0) is 0 Å². The van der Waals surface area contributed by atoms with Crippen molar-refractivity contribution in [3.05, 3.63) is 90.0 Å². The van der Waals surface area contributed by atoms with Gasteiger partial charge in [-0.15, -0.1) is 0 Å². The van der Waals surface area contributed by atoms with Crippen LogP contribution in [0.15, 0.2) is 78.9 Å². The Morgan fingerprint density at radius 1 is 0.720 bits per heavy atom. The van der Waals surface area contributed by atoms with Gasteiger partial charge in [0.2, 0.25) is 0 Å². The van der Waals surface area contributed by atoms with Gasteiger partial charge >= 0.3 is 0 Å². The zero-order valence-electron chi connectivity index (χ0n) is 13.7. The number of hydrogen-bond acceptors (Lipinski definition) is 3. The summed E-state index contributed by atoms with van der Waals surface area (Å²) >= 11 is 0. The summed E-state index contributed by atoms with van der Waals surface area (Å²) in [6.45, 7) is 1.51. The molecule has 4 nitrogen and oxygen atoms in total. The smallest absolute Gasteiger partial charge is 0.255 e. The van der Waals surface area contributed by atoms with Gasteiger partial charge in [0, 0.05) is 16.8 Å². The van der Waals surface area contributed by atoms with Crippen LogP contribution in [0.3, 0.4) is 0 Å². The third-order valence-corrected chi connectivity index (χ3v) is 3.64. The molecule has 0 aliphatic rings. The molecule has 0 aliphatic heterocycles. The van der Waals surface area contributed by atoms with E-state index in [1.165, 1.54) is 6.92 Å². The molecule has 0 bridgehead atoms. The van der Waals surface area contributed by atoms with E-state index in [1.807, 2.05) is 30.3 Å². The summed E-state index contributed by atoms with van der Waals surface area (Å²) in [7, 11) is 0. The van der Waals surface area contributed by atoms with Gasteiger partial charge < -0.3 is 10.1 Å². The third-order valence-electron chi connectivity index (χ3n) is 3.64. The summed E-state index contributed by atoms with van der Waals surface area (Å²) in [5.74, 6) is 1.17. The van der Waals surface area contributed by atoms with Crippen LogP contribution in [0, 0.1) is 0 Å². The Hall–Kier alpha value is -3.40. The van der Waals surface area contributed by atoms with Crippen LogP contribution in [0.1, 0.15) is 27.6 Å². The number of hydrogen-bond donors (Lipinski definition) is 1. The number of amides is 1. The fourth-order valence-corrected chi connectivity index (χ4v) is 2.29. The Bertz CT molecular complexity index is 869. The molecule has 0 aromatic heterocycles. The van der Waals surface area contributed by atoms with Crippen LogP contribution in [0.5, 0.6) is 11.5 Å². The van der Waals surface area contributed by atoms with E-state index in [2.05, 4.69) is 5.32 Å². The van der Waals surface area contributed by atoms with Crippen molar-refractivity contribution >= 4 is 17.4 Å². The van der Waals surface area contributed by atoms with Crippen molar-refractivity contribution in [3.63, 3.8) is 0 Å². The highest BCUT2D eigenvalue weighted by molar-refractivity contribution is 6.04. The number of nitrogens with one attached hydrogen (secondary N) is 1. The monoisotopic (exact) mass is 331 g/mol. The highest BCUT2D eigenvalue weighted by Crippen LogP contribution is 2.21. The number of ketones is 1. The second-order valence-corrected chi connectivity index (χ2v) is 5.53. The predicted molar refractivity (Wildman–Crippen MR) is 97.4 cm³/mol. The largest absolute Gasteiger partial charge is 0.457 e. The highest BCUT2D eigenvalue weighted by Gasteiger charge is 2.07. The first-order valence-corrected chi connectivity index (χ1v) is 7.87. The summed E-state index contributed by atoms with van der Waals surface area (Å²) in [5.41, 5.74) is 1.77. The zero-order valence-corrected chi connectivity index (χ0v) is 13.7. The lowest BCUT2D eigenvalue weighted by molar-refractivity contribution is 0.101. The molecule has 0 unspecified atom stereocenters. The minimum absolute atomic E-state index is 0.00752. The lowest BCUT2D eigenvalue weighted by atomic mass is 10.1. The lowest BCUT2D eigenvalue weighted by Gasteiger charge is -2.08. The molecule has 124 valence electrons. The molecular formula is C21H17NO3. The molecule has 25 heavy (non-hydrogen) atoms. The summed E-state index contributed by atoms with van der Waals surface area (Å²) in [4.78, 5) is 23.5. The molecule has 0 saturated carbocycles. The van der Waals surface area contributed by atoms with E-state index < -0.39 is 0 Å². The Morgan fingerprint density at radius 2 is 1.28 bits per heavy atom. The average molecular weight is 331 g/mol. The van der Waals surface area contributed by atoms with Gasteiger partial charge in [0.1, 0.15) is 11.5 Å².